The highest BCUT2D eigenvalue weighted by atomic mass is 16.2. The number of pyridine rings is 1. The molecule has 6 nitrogen and oxygen atoms in total. The molecule has 0 saturated heterocycles. The first-order valence-electron chi connectivity index (χ1n) is 8.69. The number of carbonyl (C=O) groups is 1. The Bertz CT molecular complexity index is 1160. The van der Waals surface area contributed by atoms with Gasteiger partial charge in [-0.1, -0.05) is 23.8 Å². The molecular formula is C21H19N5O. The summed E-state index contributed by atoms with van der Waals surface area (Å²) in [5, 5.41) is 12.7. The van der Waals surface area contributed by atoms with E-state index in [4.69, 9.17) is 0 Å². The number of amides is 1. The summed E-state index contributed by atoms with van der Waals surface area (Å²) in [5.41, 5.74) is 5.48. The highest BCUT2D eigenvalue weighted by molar-refractivity contribution is 6.08. The van der Waals surface area contributed by atoms with Gasteiger partial charge in [0.15, 0.2) is 5.69 Å². The number of aryl methyl sites for hydroxylation is 3. The third kappa shape index (κ3) is 3.17. The molecule has 0 aliphatic carbocycles. The minimum atomic E-state index is -0.292. The molecule has 6 heteroatoms. The van der Waals surface area contributed by atoms with Crippen LogP contribution < -0.4 is 5.32 Å². The number of nitrogens with zero attached hydrogens (tertiary/aromatic N) is 4. The first-order valence-corrected chi connectivity index (χ1v) is 8.69. The lowest BCUT2D eigenvalue weighted by Gasteiger charge is -2.07. The standard InChI is InChI=1S/C21H19N5O/c1-13-9-10-19(14(2)12-13)26-24-15(3)20(25-26)21(27)23-18-8-4-7-17-16(18)6-5-11-22-17/h4-12H,1-3H3,(H,23,27). The number of rotatable bonds is 3. The van der Waals surface area contributed by atoms with Crippen LogP contribution in [0.15, 0.2) is 54.7 Å². The zero-order valence-corrected chi connectivity index (χ0v) is 15.4. The minimum Gasteiger partial charge on any atom is -0.320 e. The van der Waals surface area contributed by atoms with Gasteiger partial charge in [0.25, 0.3) is 5.91 Å². The van der Waals surface area contributed by atoms with E-state index in [2.05, 4.69) is 26.6 Å². The number of hydrogen-bond acceptors (Lipinski definition) is 4. The van der Waals surface area contributed by atoms with E-state index in [-0.39, 0.29) is 5.91 Å². The predicted octanol–water partition coefficient (Wildman–Crippen LogP) is 3.99. The maximum absolute atomic E-state index is 12.8. The molecule has 0 spiro atoms. The number of aromatic nitrogens is 4. The number of nitrogens with one attached hydrogen (secondary N) is 1. The first-order chi connectivity index (χ1) is 13.0. The van der Waals surface area contributed by atoms with E-state index in [1.165, 1.54) is 10.4 Å². The van der Waals surface area contributed by atoms with Crippen LogP contribution in [0.25, 0.3) is 16.6 Å². The highest BCUT2D eigenvalue weighted by Gasteiger charge is 2.18. The Hall–Kier alpha value is -3.54. The summed E-state index contributed by atoms with van der Waals surface area (Å²) in [4.78, 5) is 18.6. The van der Waals surface area contributed by atoms with Crippen molar-refractivity contribution in [1.82, 2.24) is 20.0 Å². The normalized spacial score (nSPS) is 10.9. The summed E-state index contributed by atoms with van der Waals surface area (Å²) in [6.45, 7) is 5.83. The number of benzene rings is 2. The van der Waals surface area contributed by atoms with Crippen LogP contribution >= 0.6 is 0 Å². The largest absolute Gasteiger partial charge is 0.320 e. The summed E-state index contributed by atoms with van der Waals surface area (Å²) in [6, 6.07) is 15.4. The molecule has 134 valence electrons. The molecule has 27 heavy (non-hydrogen) atoms. The molecule has 0 saturated carbocycles. The molecule has 0 bridgehead atoms. The van der Waals surface area contributed by atoms with Crippen LogP contribution in [-0.2, 0) is 0 Å². The van der Waals surface area contributed by atoms with E-state index < -0.39 is 0 Å². The van der Waals surface area contributed by atoms with Crippen LogP contribution in [0.4, 0.5) is 5.69 Å². The maximum atomic E-state index is 12.8. The van der Waals surface area contributed by atoms with Crippen LogP contribution in [0.2, 0.25) is 0 Å². The van der Waals surface area contributed by atoms with Gasteiger partial charge in [0, 0.05) is 11.6 Å². The smallest absolute Gasteiger partial charge is 0.278 e. The van der Waals surface area contributed by atoms with Gasteiger partial charge in [-0.15, -0.1) is 5.10 Å². The van der Waals surface area contributed by atoms with Crippen LogP contribution in [0, 0.1) is 20.8 Å². The van der Waals surface area contributed by atoms with Gasteiger partial charge in [-0.05, 0) is 56.7 Å². The van der Waals surface area contributed by atoms with E-state index in [9.17, 15) is 4.79 Å². The van der Waals surface area contributed by atoms with Gasteiger partial charge >= 0.3 is 0 Å². The van der Waals surface area contributed by atoms with Crippen LogP contribution in [0.1, 0.15) is 27.3 Å². The second-order valence-electron chi connectivity index (χ2n) is 6.54. The van der Waals surface area contributed by atoms with Gasteiger partial charge in [-0.2, -0.15) is 9.90 Å². The average molecular weight is 357 g/mol. The zero-order valence-electron chi connectivity index (χ0n) is 15.4. The fourth-order valence-electron chi connectivity index (χ4n) is 3.12. The molecule has 1 N–H and O–H groups in total. The van der Waals surface area contributed by atoms with Crippen LogP contribution in [0.5, 0.6) is 0 Å². The lowest BCUT2D eigenvalue weighted by atomic mass is 10.1. The summed E-state index contributed by atoms with van der Waals surface area (Å²) in [6.07, 6.45) is 1.73. The molecule has 4 aromatic rings. The minimum absolute atomic E-state index is 0.292. The van der Waals surface area contributed by atoms with E-state index >= 15 is 0 Å². The lowest BCUT2D eigenvalue weighted by molar-refractivity contribution is 0.102. The second-order valence-corrected chi connectivity index (χ2v) is 6.54. The average Bonchev–Trinajstić information content (AvgIpc) is 3.03. The van der Waals surface area contributed by atoms with E-state index in [0.29, 0.717) is 17.1 Å². The maximum Gasteiger partial charge on any atom is 0.278 e. The Morgan fingerprint density at radius 3 is 2.67 bits per heavy atom. The van der Waals surface area contributed by atoms with Gasteiger partial charge in [-0.25, -0.2) is 0 Å². The van der Waals surface area contributed by atoms with Crippen molar-refractivity contribution in [2.75, 3.05) is 5.32 Å². The topological polar surface area (TPSA) is 72.7 Å². The van der Waals surface area contributed by atoms with Crippen LogP contribution in [0.3, 0.4) is 0 Å². The first kappa shape index (κ1) is 16.9. The molecule has 0 unspecified atom stereocenters. The van der Waals surface area contributed by atoms with Crippen molar-refractivity contribution in [3.8, 4) is 5.69 Å². The van der Waals surface area contributed by atoms with Crippen molar-refractivity contribution in [3.63, 3.8) is 0 Å². The monoisotopic (exact) mass is 357 g/mol. The molecule has 0 aliphatic rings. The number of hydrogen-bond donors (Lipinski definition) is 1. The third-order valence-electron chi connectivity index (χ3n) is 4.46. The Morgan fingerprint density at radius 1 is 1.00 bits per heavy atom. The number of anilines is 1. The molecule has 1 amide bonds. The number of fused-ring (bicyclic) bond motifs is 1. The molecule has 0 atom stereocenters. The Kier molecular flexibility index (Phi) is 4.16. The summed E-state index contributed by atoms with van der Waals surface area (Å²) >= 11 is 0. The third-order valence-corrected chi connectivity index (χ3v) is 4.46. The van der Waals surface area contributed by atoms with Gasteiger partial charge in [0.2, 0.25) is 0 Å². The quantitative estimate of drug-likeness (QED) is 0.602. The molecule has 0 aliphatic heterocycles. The Labute approximate surface area is 156 Å². The molecule has 2 aromatic heterocycles. The van der Waals surface area contributed by atoms with E-state index in [0.717, 1.165) is 22.2 Å². The predicted molar refractivity (Wildman–Crippen MR) is 105 cm³/mol. The fourth-order valence-corrected chi connectivity index (χ4v) is 3.12. The molecule has 2 heterocycles. The lowest BCUT2D eigenvalue weighted by Crippen LogP contribution is -2.14. The van der Waals surface area contributed by atoms with E-state index in [1.54, 1.807) is 13.1 Å². The van der Waals surface area contributed by atoms with Gasteiger partial charge in [-0.3, -0.25) is 9.78 Å². The van der Waals surface area contributed by atoms with Gasteiger partial charge < -0.3 is 5.32 Å². The molecular weight excluding hydrogens is 338 g/mol. The highest BCUT2D eigenvalue weighted by Crippen LogP contribution is 2.22. The van der Waals surface area contributed by atoms with Crippen molar-refractivity contribution in [2.45, 2.75) is 20.8 Å². The summed E-state index contributed by atoms with van der Waals surface area (Å²) in [5.74, 6) is -0.292. The molecule has 0 radical (unpaired) electrons. The SMILES string of the molecule is Cc1ccc(-n2nc(C)c(C(=O)Nc3cccc4ncccc34)n2)c(C)c1. The Morgan fingerprint density at radius 2 is 1.85 bits per heavy atom. The fraction of sp³-hybridized carbons (Fsp3) is 0.143. The zero-order chi connectivity index (χ0) is 19.0. The summed E-state index contributed by atoms with van der Waals surface area (Å²) < 4.78 is 0. The van der Waals surface area contributed by atoms with Crippen molar-refractivity contribution < 1.29 is 4.79 Å². The number of carbonyl (C=O) groups excluding carboxylic acids is 1. The Balaban J connectivity index is 1.67. The molecule has 4 rings (SSSR count). The summed E-state index contributed by atoms with van der Waals surface area (Å²) in [7, 11) is 0. The second kappa shape index (κ2) is 6.64. The van der Waals surface area contributed by atoms with Crippen molar-refractivity contribution in [1.29, 1.82) is 0 Å². The van der Waals surface area contributed by atoms with Gasteiger partial charge in [0.1, 0.15) is 0 Å². The van der Waals surface area contributed by atoms with Crippen LogP contribution in [-0.4, -0.2) is 25.9 Å². The van der Waals surface area contributed by atoms with Gasteiger partial charge in [0.05, 0.1) is 22.6 Å². The molecule has 0 fully saturated rings. The van der Waals surface area contributed by atoms with Crippen molar-refractivity contribution >= 4 is 22.5 Å². The van der Waals surface area contributed by atoms with Crippen molar-refractivity contribution in [2.24, 2.45) is 0 Å². The van der Waals surface area contributed by atoms with Crippen molar-refractivity contribution in [3.05, 3.63) is 77.2 Å². The molecule has 2 aromatic carbocycles. The van der Waals surface area contributed by atoms with E-state index in [1.807, 2.05) is 56.3 Å².